The molecule has 0 saturated carbocycles. The quantitative estimate of drug-likeness (QED) is 0.603. The molecule has 0 fully saturated rings. The summed E-state index contributed by atoms with van der Waals surface area (Å²) in [6.07, 6.45) is 0. The van der Waals surface area contributed by atoms with Crippen molar-refractivity contribution < 1.29 is 19.1 Å². The minimum atomic E-state index is -0.531. The molecule has 138 valence electrons. The summed E-state index contributed by atoms with van der Waals surface area (Å²) in [6.45, 7) is 0. The Labute approximate surface area is 165 Å². The van der Waals surface area contributed by atoms with Gasteiger partial charge in [0.25, 0.3) is 5.91 Å². The average molecular weight is 402 g/mol. The first kappa shape index (κ1) is 18.9. The number of hydrogen-bond acceptors (Lipinski definition) is 5. The second kappa shape index (κ2) is 8.24. The molecule has 7 heteroatoms. The molecule has 1 N–H and O–H groups in total. The summed E-state index contributed by atoms with van der Waals surface area (Å²) in [7, 11) is 2.80. The van der Waals surface area contributed by atoms with Crippen molar-refractivity contribution >= 4 is 39.8 Å². The number of thiophene rings is 1. The normalized spacial score (nSPS) is 10.3. The number of carbonyl (C=O) groups is 2. The Hall–Kier alpha value is -2.83. The van der Waals surface area contributed by atoms with Gasteiger partial charge in [0.05, 0.1) is 19.8 Å². The zero-order valence-electron chi connectivity index (χ0n) is 14.6. The van der Waals surface area contributed by atoms with Crippen molar-refractivity contribution in [3.05, 3.63) is 70.1 Å². The van der Waals surface area contributed by atoms with E-state index in [9.17, 15) is 9.59 Å². The molecule has 0 unspecified atom stereocenters. The van der Waals surface area contributed by atoms with E-state index in [1.807, 2.05) is 12.1 Å². The van der Waals surface area contributed by atoms with E-state index < -0.39 is 5.97 Å². The molecule has 0 radical (unpaired) electrons. The Kier molecular flexibility index (Phi) is 5.78. The van der Waals surface area contributed by atoms with Gasteiger partial charge in [-0.2, -0.15) is 0 Å². The maximum absolute atomic E-state index is 12.7. The maximum Gasteiger partial charge on any atom is 0.341 e. The van der Waals surface area contributed by atoms with Crippen LogP contribution >= 0.6 is 22.9 Å². The van der Waals surface area contributed by atoms with Gasteiger partial charge in [0.15, 0.2) is 0 Å². The van der Waals surface area contributed by atoms with Gasteiger partial charge >= 0.3 is 5.97 Å². The zero-order valence-corrected chi connectivity index (χ0v) is 16.2. The second-order valence-electron chi connectivity index (χ2n) is 5.51. The molecular formula is C20H16ClNO4S. The Morgan fingerprint density at radius 2 is 1.74 bits per heavy atom. The predicted octanol–water partition coefficient (Wildman–Crippen LogP) is 5.12. The molecule has 2 aromatic carbocycles. The average Bonchev–Trinajstić information content (AvgIpc) is 3.11. The molecule has 3 aromatic rings. The number of rotatable bonds is 5. The smallest absolute Gasteiger partial charge is 0.341 e. The van der Waals surface area contributed by atoms with Gasteiger partial charge in [-0.3, -0.25) is 4.79 Å². The van der Waals surface area contributed by atoms with Crippen LogP contribution in [0.2, 0.25) is 5.02 Å². The Bertz CT molecular complexity index is 982. The summed E-state index contributed by atoms with van der Waals surface area (Å²) in [5.41, 5.74) is 2.14. The summed E-state index contributed by atoms with van der Waals surface area (Å²) in [5, 5.41) is 5.59. The third-order valence-corrected chi connectivity index (χ3v) is 5.06. The fraction of sp³-hybridized carbons (Fsp3) is 0.100. The van der Waals surface area contributed by atoms with E-state index in [0.717, 1.165) is 5.56 Å². The number of benzene rings is 2. The summed E-state index contributed by atoms with van der Waals surface area (Å²) in [5.74, 6) is -0.456. The molecule has 27 heavy (non-hydrogen) atoms. The van der Waals surface area contributed by atoms with Gasteiger partial charge in [0.2, 0.25) is 0 Å². The number of carbonyl (C=O) groups excluding carboxylic acids is 2. The van der Waals surface area contributed by atoms with Crippen LogP contribution in [0.5, 0.6) is 5.75 Å². The molecule has 0 aliphatic heterocycles. The van der Waals surface area contributed by atoms with E-state index in [0.29, 0.717) is 32.5 Å². The van der Waals surface area contributed by atoms with Crippen molar-refractivity contribution in [1.29, 1.82) is 0 Å². The highest BCUT2D eigenvalue weighted by Gasteiger charge is 2.23. The fourth-order valence-corrected chi connectivity index (χ4v) is 3.68. The standard InChI is InChI=1S/C20H16ClNO4S/c1-25-16-6-4-3-5-14(16)18(23)22-19-17(20(24)26-2)15(11-27-19)12-7-9-13(21)10-8-12/h3-11H,1-2H3,(H,22,23). The molecule has 0 aliphatic carbocycles. The van der Waals surface area contributed by atoms with E-state index in [1.165, 1.54) is 25.6 Å². The van der Waals surface area contributed by atoms with Crippen LogP contribution in [0.25, 0.3) is 11.1 Å². The number of esters is 1. The Morgan fingerprint density at radius 3 is 2.41 bits per heavy atom. The zero-order chi connectivity index (χ0) is 19.4. The molecule has 5 nitrogen and oxygen atoms in total. The lowest BCUT2D eigenvalue weighted by atomic mass is 10.0. The largest absolute Gasteiger partial charge is 0.496 e. The van der Waals surface area contributed by atoms with Gasteiger partial charge in [-0.25, -0.2) is 4.79 Å². The fourth-order valence-electron chi connectivity index (χ4n) is 2.60. The predicted molar refractivity (Wildman–Crippen MR) is 107 cm³/mol. The van der Waals surface area contributed by atoms with Crippen molar-refractivity contribution in [2.45, 2.75) is 0 Å². The summed E-state index contributed by atoms with van der Waals surface area (Å²) < 4.78 is 10.1. The molecule has 0 aliphatic rings. The molecule has 0 bridgehead atoms. The van der Waals surface area contributed by atoms with Crippen LogP contribution in [0.4, 0.5) is 5.00 Å². The van der Waals surface area contributed by atoms with Crippen LogP contribution in [0.15, 0.2) is 53.9 Å². The lowest BCUT2D eigenvalue weighted by Gasteiger charge is -2.10. The van der Waals surface area contributed by atoms with Crippen molar-refractivity contribution in [1.82, 2.24) is 0 Å². The minimum Gasteiger partial charge on any atom is -0.496 e. The SMILES string of the molecule is COC(=O)c1c(-c2ccc(Cl)cc2)csc1NC(=O)c1ccccc1OC. The topological polar surface area (TPSA) is 64.6 Å². The Balaban J connectivity index is 1.99. The molecule has 1 aromatic heterocycles. The summed E-state index contributed by atoms with van der Waals surface area (Å²) >= 11 is 7.19. The monoisotopic (exact) mass is 401 g/mol. The Morgan fingerprint density at radius 1 is 1.04 bits per heavy atom. The van der Waals surface area contributed by atoms with Gasteiger partial charge in [-0.1, -0.05) is 35.9 Å². The van der Waals surface area contributed by atoms with Crippen LogP contribution in [-0.2, 0) is 4.74 Å². The molecule has 0 spiro atoms. The van der Waals surface area contributed by atoms with Crippen molar-refractivity contribution in [2.24, 2.45) is 0 Å². The van der Waals surface area contributed by atoms with Gasteiger partial charge < -0.3 is 14.8 Å². The number of anilines is 1. The van der Waals surface area contributed by atoms with Gasteiger partial charge in [0, 0.05) is 16.0 Å². The lowest BCUT2D eigenvalue weighted by molar-refractivity contribution is 0.0603. The minimum absolute atomic E-state index is 0.299. The number of methoxy groups -OCH3 is 2. The van der Waals surface area contributed by atoms with Crippen LogP contribution in [0.3, 0.4) is 0 Å². The third-order valence-electron chi connectivity index (χ3n) is 3.91. The number of halogens is 1. The van der Waals surface area contributed by atoms with Crippen LogP contribution in [0, 0.1) is 0 Å². The second-order valence-corrected chi connectivity index (χ2v) is 6.82. The highest BCUT2D eigenvalue weighted by Crippen LogP contribution is 2.37. The van der Waals surface area contributed by atoms with Crippen molar-refractivity contribution in [3.63, 3.8) is 0 Å². The highest BCUT2D eigenvalue weighted by atomic mass is 35.5. The van der Waals surface area contributed by atoms with Crippen LogP contribution < -0.4 is 10.1 Å². The molecule has 1 amide bonds. The van der Waals surface area contributed by atoms with E-state index in [-0.39, 0.29) is 5.91 Å². The van der Waals surface area contributed by atoms with Crippen molar-refractivity contribution in [3.8, 4) is 16.9 Å². The van der Waals surface area contributed by atoms with E-state index in [2.05, 4.69) is 5.32 Å². The summed E-state index contributed by atoms with van der Waals surface area (Å²) in [6, 6.07) is 14.0. The van der Waals surface area contributed by atoms with Crippen molar-refractivity contribution in [2.75, 3.05) is 19.5 Å². The first-order chi connectivity index (χ1) is 13.0. The third kappa shape index (κ3) is 3.97. The van der Waals surface area contributed by atoms with Gasteiger partial charge in [-0.05, 0) is 29.8 Å². The first-order valence-electron chi connectivity index (χ1n) is 7.95. The molecule has 0 saturated heterocycles. The molecular weight excluding hydrogens is 386 g/mol. The number of nitrogens with one attached hydrogen (secondary N) is 1. The highest BCUT2D eigenvalue weighted by molar-refractivity contribution is 7.15. The number of para-hydroxylation sites is 1. The summed E-state index contributed by atoms with van der Waals surface area (Å²) in [4.78, 5) is 25.1. The molecule has 1 heterocycles. The number of hydrogen-bond donors (Lipinski definition) is 1. The van der Waals surface area contributed by atoms with E-state index in [4.69, 9.17) is 21.1 Å². The van der Waals surface area contributed by atoms with Gasteiger partial charge in [-0.15, -0.1) is 11.3 Å². The number of ether oxygens (including phenoxy) is 2. The molecule has 3 rings (SSSR count). The van der Waals surface area contributed by atoms with E-state index in [1.54, 1.807) is 41.8 Å². The van der Waals surface area contributed by atoms with E-state index >= 15 is 0 Å². The maximum atomic E-state index is 12.7. The lowest BCUT2D eigenvalue weighted by Crippen LogP contribution is -2.15. The van der Waals surface area contributed by atoms with Crippen LogP contribution in [0.1, 0.15) is 20.7 Å². The number of amides is 1. The molecule has 0 atom stereocenters. The van der Waals surface area contributed by atoms with Crippen LogP contribution in [-0.4, -0.2) is 26.1 Å². The van der Waals surface area contributed by atoms with Gasteiger partial charge in [0.1, 0.15) is 16.3 Å². The first-order valence-corrected chi connectivity index (χ1v) is 9.21.